The van der Waals surface area contributed by atoms with E-state index in [2.05, 4.69) is 36.5 Å². The molecule has 0 aromatic heterocycles. The van der Waals surface area contributed by atoms with E-state index >= 15 is 0 Å². The first-order chi connectivity index (χ1) is 9.21. The van der Waals surface area contributed by atoms with E-state index < -0.39 is 5.60 Å². The van der Waals surface area contributed by atoms with Gasteiger partial charge in [0.25, 0.3) is 0 Å². The number of nitrogens with one attached hydrogen (secondary N) is 1. The van der Waals surface area contributed by atoms with Crippen molar-refractivity contribution in [1.29, 1.82) is 0 Å². The van der Waals surface area contributed by atoms with Crippen molar-refractivity contribution in [3.8, 4) is 0 Å². The zero-order chi connectivity index (χ0) is 13.3. The molecule has 1 aromatic carbocycles. The lowest BCUT2D eigenvalue weighted by Gasteiger charge is -2.44. The summed E-state index contributed by atoms with van der Waals surface area (Å²) in [6.45, 7) is 3.33. The predicted molar refractivity (Wildman–Crippen MR) is 78.2 cm³/mol. The third-order valence-corrected chi connectivity index (χ3v) is 5.18. The lowest BCUT2D eigenvalue weighted by Crippen LogP contribution is -2.56. The fourth-order valence-corrected chi connectivity index (χ4v) is 3.82. The van der Waals surface area contributed by atoms with E-state index in [-0.39, 0.29) is 6.04 Å². The van der Waals surface area contributed by atoms with Crippen molar-refractivity contribution >= 4 is 0 Å². The van der Waals surface area contributed by atoms with E-state index in [0.29, 0.717) is 0 Å². The standard InChI is InChI=1S/C17H25NO/c1-2-13-8-10-18-16(11-13)17(19)9-7-14-5-3-4-6-15(14)12-17/h3-6,13,16,18-19H,2,7-12H2,1H3. The molecule has 0 spiro atoms. The van der Waals surface area contributed by atoms with Crippen molar-refractivity contribution < 1.29 is 5.11 Å². The molecule has 1 aliphatic heterocycles. The molecule has 2 nitrogen and oxygen atoms in total. The highest BCUT2D eigenvalue weighted by Gasteiger charge is 2.41. The summed E-state index contributed by atoms with van der Waals surface area (Å²) in [6.07, 6.45) is 6.37. The van der Waals surface area contributed by atoms with Crippen LogP contribution in [-0.4, -0.2) is 23.3 Å². The second kappa shape index (κ2) is 5.26. The van der Waals surface area contributed by atoms with E-state index in [1.807, 2.05) is 0 Å². The lowest BCUT2D eigenvalue weighted by molar-refractivity contribution is -0.0261. The Labute approximate surface area is 116 Å². The Hall–Kier alpha value is -0.860. The van der Waals surface area contributed by atoms with Gasteiger partial charge >= 0.3 is 0 Å². The first-order valence-electron chi connectivity index (χ1n) is 7.74. The first-order valence-corrected chi connectivity index (χ1v) is 7.74. The molecular weight excluding hydrogens is 234 g/mol. The third kappa shape index (κ3) is 2.56. The van der Waals surface area contributed by atoms with Crippen LogP contribution in [0.5, 0.6) is 0 Å². The maximum Gasteiger partial charge on any atom is 0.0843 e. The van der Waals surface area contributed by atoms with E-state index in [1.54, 1.807) is 0 Å². The zero-order valence-electron chi connectivity index (χ0n) is 11.9. The van der Waals surface area contributed by atoms with Gasteiger partial charge in [0.2, 0.25) is 0 Å². The van der Waals surface area contributed by atoms with Crippen LogP contribution in [0.3, 0.4) is 0 Å². The number of piperidine rings is 1. The number of benzene rings is 1. The minimum absolute atomic E-state index is 0.277. The van der Waals surface area contributed by atoms with E-state index in [1.165, 1.54) is 24.0 Å². The summed E-state index contributed by atoms with van der Waals surface area (Å²) in [5, 5.41) is 14.7. The summed E-state index contributed by atoms with van der Waals surface area (Å²) < 4.78 is 0. The van der Waals surface area contributed by atoms with Gasteiger partial charge in [-0.2, -0.15) is 0 Å². The molecular formula is C17H25NO. The fourth-order valence-electron chi connectivity index (χ4n) is 3.82. The van der Waals surface area contributed by atoms with Crippen molar-refractivity contribution in [1.82, 2.24) is 5.32 Å². The van der Waals surface area contributed by atoms with Crippen LogP contribution in [0.4, 0.5) is 0 Å². The molecule has 0 saturated carbocycles. The van der Waals surface area contributed by atoms with Crippen LogP contribution in [-0.2, 0) is 12.8 Å². The van der Waals surface area contributed by atoms with Crippen LogP contribution in [0.15, 0.2) is 24.3 Å². The van der Waals surface area contributed by atoms with Crippen molar-refractivity contribution in [2.75, 3.05) is 6.54 Å². The third-order valence-electron chi connectivity index (χ3n) is 5.18. The monoisotopic (exact) mass is 259 g/mol. The molecule has 104 valence electrons. The molecule has 1 fully saturated rings. The normalized spacial score (nSPS) is 34.8. The topological polar surface area (TPSA) is 32.3 Å². The Kier molecular flexibility index (Phi) is 3.64. The van der Waals surface area contributed by atoms with Gasteiger partial charge in [0.15, 0.2) is 0 Å². The van der Waals surface area contributed by atoms with Crippen LogP contribution in [0.1, 0.15) is 43.7 Å². The molecule has 0 amide bonds. The van der Waals surface area contributed by atoms with Gasteiger partial charge in [-0.25, -0.2) is 0 Å². The van der Waals surface area contributed by atoms with Gasteiger partial charge in [0, 0.05) is 12.5 Å². The number of aliphatic hydroxyl groups is 1. The van der Waals surface area contributed by atoms with E-state index in [4.69, 9.17) is 0 Å². The van der Waals surface area contributed by atoms with Gasteiger partial charge < -0.3 is 10.4 Å². The van der Waals surface area contributed by atoms with Crippen LogP contribution in [0, 0.1) is 5.92 Å². The molecule has 19 heavy (non-hydrogen) atoms. The predicted octanol–water partition coefficient (Wildman–Crippen LogP) is 2.68. The molecule has 1 saturated heterocycles. The minimum atomic E-state index is -0.539. The Morgan fingerprint density at radius 2 is 2.11 bits per heavy atom. The smallest absolute Gasteiger partial charge is 0.0843 e. The minimum Gasteiger partial charge on any atom is -0.388 e. The number of aryl methyl sites for hydroxylation is 1. The number of hydrogen-bond acceptors (Lipinski definition) is 2. The molecule has 1 aliphatic carbocycles. The van der Waals surface area contributed by atoms with Crippen molar-refractivity contribution in [2.24, 2.45) is 5.92 Å². The molecule has 0 bridgehead atoms. The Bertz CT molecular complexity index is 445. The number of rotatable bonds is 2. The average Bonchev–Trinajstić information content (AvgIpc) is 2.47. The van der Waals surface area contributed by atoms with Crippen LogP contribution in [0.2, 0.25) is 0 Å². The average molecular weight is 259 g/mol. The maximum atomic E-state index is 11.1. The molecule has 1 heterocycles. The van der Waals surface area contributed by atoms with Gasteiger partial charge in [0.1, 0.15) is 0 Å². The molecule has 0 radical (unpaired) electrons. The zero-order valence-corrected chi connectivity index (χ0v) is 11.9. The van der Waals surface area contributed by atoms with Crippen molar-refractivity contribution in [2.45, 2.75) is 57.1 Å². The lowest BCUT2D eigenvalue weighted by atomic mass is 9.72. The van der Waals surface area contributed by atoms with Gasteiger partial charge in [-0.3, -0.25) is 0 Å². The molecule has 3 unspecified atom stereocenters. The van der Waals surface area contributed by atoms with Gasteiger partial charge in [0.05, 0.1) is 5.60 Å². The van der Waals surface area contributed by atoms with Crippen LogP contribution >= 0.6 is 0 Å². The van der Waals surface area contributed by atoms with Gasteiger partial charge in [-0.15, -0.1) is 0 Å². The summed E-state index contributed by atoms with van der Waals surface area (Å²) in [7, 11) is 0. The summed E-state index contributed by atoms with van der Waals surface area (Å²) >= 11 is 0. The molecule has 2 N–H and O–H groups in total. The van der Waals surface area contributed by atoms with Crippen molar-refractivity contribution in [3.63, 3.8) is 0 Å². The van der Waals surface area contributed by atoms with Gasteiger partial charge in [-0.05, 0) is 49.3 Å². The second-order valence-electron chi connectivity index (χ2n) is 6.35. The van der Waals surface area contributed by atoms with Gasteiger partial charge in [-0.1, -0.05) is 37.6 Å². The highest BCUT2D eigenvalue weighted by Crippen LogP contribution is 2.35. The number of hydrogen-bond donors (Lipinski definition) is 2. The molecule has 3 rings (SSSR count). The van der Waals surface area contributed by atoms with Crippen molar-refractivity contribution in [3.05, 3.63) is 35.4 Å². The second-order valence-corrected chi connectivity index (χ2v) is 6.35. The molecule has 1 aromatic rings. The summed E-state index contributed by atoms with van der Waals surface area (Å²) in [5.74, 6) is 0.785. The van der Waals surface area contributed by atoms with E-state index in [9.17, 15) is 5.11 Å². The quantitative estimate of drug-likeness (QED) is 0.856. The molecule has 3 atom stereocenters. The highest BCUT2D eigenvalue weighted by atomic mass is 16.3. The first kappa shape index (κ1) is 13.1. The summed E-state index contributed by atoms with van der Waals surface area (Å²) in [5.41, 5.74) is 2.23. The fraction of sp³-hybridized carbons (Fsp3) is 0.647. The maximum absolute atomic E-state index is 11.1. The molecule has 2 aliphatic rings. The largest absolute Gasteiger partial charge is 0.388 e. The summed E-state index contributed by atoms with van der Waals surface area (Å²) in [6, 6.07) is 8.86. The SMILES string of the molecule is CCC1CCNC(C2(O)CCc3ccccc3C2)C1. The van der Waals surface area contributed by atoms with E-state index in [0.717, 1.165) is 38.1 Å². The van der Waals surface area contributed by atoms with Crippen LogP contribution < -0.4 is 5.32 Å². The summed E-state index contributed by atoms with van der Waals surface area (Å²) in [4.78, 5) is 0. The molecule has 2 heteroatoms. The Balaban J connectivity index is 1.77. The Morgan fingerprint density at radius 1 is 1.32 bits per heavy atom. The van der Waals surface area contributed by atoms with Crippen LogP contribution in [0.25, 0.3) is 0 Å². The highest BCUT2D eigenvalue weighted by molar-refractivity contribution is 5.32. The number of fused-ring (bicyclic) bond motifs is 1. The Morgan fingerprint density at radius 3 is 2.89 bits per heavy atom.